The van der Waals surface area contributed by atoms with Gasteiger partial charge in [0.25, 0.3) is 0 Å². The number of piperidine rings is 1. The summed E-state index contributed by atoms with van der Waals surface area (Å²) < 4.78 is 48.5. The third kappa shape index (κ3) is 7.94. The number of carbonyl (C=O) groups is 1. The van der Waals surface area contributed by atoms with Gasteiger partial charge in [-0.1, -0.05) is 55.8 Å². The standard InChI is InChI=1S/C21H31N2O.C8H3F4O.Nb/c1-16(2)12-20(24)23-10-8-21(9-11-23)15-22(4)14-19(21)18-7-5-6-17(3)13-18;9-7-2-1-6(8(10,11)12)3-5(7)4-13;/h5-7,12-13,16,19H,8-11,14-15H2,1-4H3;1-3H;/q2*-1;+2. The Morgan fingerprint density at radius 3 is 2.34 bits per heavy atom. The van der Waals surface area contributed by atoms with Crippen LogP contribution in [0.1, 0.15) is 54.9 Å². The second-order valence-electron chi connectivity index (χ2n) is 10.6. The first-order chi connectivity index (χ1) is 17.3. The summed E-state index contributed by atoms with van der Waals surface area (Å²) in [5.74, 6) is 0.126. The molecule has 2 aliphatic heterocycles. The molecule has 0 aromatic heterocycles. The van der Waals surface area contributed by atoms with Gasteiger partial charge in [0.15, 0.2) is 0 Å². The van der Waals surface area contributed by atoms with E-state index in [9.17, 15) is 27.2 Å². The smallest absolute Gasteiger partial charge is 0.376 e. The number of amides is 1. The average molecular weight is 612 g/mol. The number of hydrogen-bond donors (Lipinski definition) is 0. The number of nitrogens with zero attached hydrogens (tertiary/aromatic N) is 2. The molecular weight excluding hydrogens is 577 g/mol. The van der Waals surface area contributed by atoms with Crippen LogP contribution in [0.15, 0.2) is 42.5 Å². The maximum absolute atomic E-state index is 12.5. The van der Waals surface area contributed by atoms with Crippen LogP contribution in [0.2, 0.25) is 0 Å². The number of halogens is 4. The SMILES string of the molecule is Cc1cccc(C2CN(C)CC23CCN(C(=O)[CH-]C(C)C)CC3)c1.O=[C-]c1cc(C(F)(F)F)ccc1F.[Nb+2]. The topological polar surface area (TPSA) is 40.6 Å². The molecule has 38 heavy (non-hydrogen) atoms. The Morgan fingerprint density at radius 2 is 1.79 bits per heavy atom. The van der Waals surface area contributed by atoms with Crippen LogP contribution < -0.4 is 0 Å². The van der Waals surface area contributed by atoms with Gasteiger partial charge in [-0.05, 0) is 43.4 Å². The summed E-state index contributed by atoms with van der Waals surface area (Å²) in [4.78, 5) is 26.8. The fourth-order valence-corrected chi connectivity index (χ4v) is 5.41. The van der Waals surface area contributed by atoms with Gasteiger partial charge in [-0.25, -0.2) is 0 Å². The molecule has 0 aliphatic carbocycles. The van der Waals surface area contributed by atoms with Crippen molar-refractivity contribution in [3.63, 3.8) is 0 Å². The molecule has 2 aromatic rings. The molecule has 1 atom stereocenters. The Morgan fingerprint density at radius 1 is 1.13 bits per heavy atom. The summed E-state index contributed by atoms with van der Waals surface area (Å²) in [6, 6.07) is 10.6. The van der Waals surface area contributed by atoms with Crippen LogP contribution in [0.3, 0.4) is 0 Å². The zero-order chi connectivity index (χ0) is 27.4. The van der Waals surface area contributed by atoms with Gasteiger partial charge in [-0.15, -0.1) is 11.6 Å². The predicted molar refractivity (Wildman–Crippen MR) is 135 cm³/mol. The first-order valence-corrected chi connectivity index (χ1v) is 12.5. The molecule has 0 N–H and O–H groups in total. The Kier molecular flexibility index (Phi) is 11.2. The molecule has 205 valence electrons. The van der Waals surface area contributed by atoms with Gasteiger partial charge in [-0.3, -0.25) is 4.39 Å². The minimum atomic E-state index is -4.57. The second kappa shape index (κ2) is 13.3. The number of likely N-dealkylation sites (tertiary alicyclic amines) is 2. The molecule has 0 bridgehead atoms. The number of aryl methyl sites for hydroxylation is 1. The molecule has 2 saturated heterocycles. The van der Waals surface area contributed by atoms with Gasteiger partial charge in [-0.2, -0.15) is 19.1 Å². The zero-order valence-electron chi connectivity index (χ0n) is 22.2. The van der Waals surface area contributed by atoms with Gasteiger partial charge < -0.3 is 25.8 Å². The van der Waals surface area contributed by atoms with Crippen LogP contribution in [0.25, 0.3) is 0 Å². The molecule has 9 heteroatoms. The van der Waals surface area contributed by atoms with Crippen molar-refractivity contribution in [1.29, 1.82) is 0 Å². The molecule has 4 nitrogen and oxygen atoms in total. The molecule has 1 radical (unpaired) electrons. The van der Waals surface area contributed by atoms with E-state index >= 15 is 0 Å². The van der Waals surface area contributed by atoms with Crippen LogP contribution in [-0.4, -0.2) is 55.2 Å². The minimum Gasteiger partial charge on any atom is -0.376 e. The van der Waals surface area contributed by atoms with Crippen LogP contribution in [0.5, 0.6) is 0 Å². The molecule has 2 fully saturated rings. The maximum Gasteiger partial charge on any atom is 2.00 e. The van der Waals surface area contributed by atoms with E-state index in [0.717, 1.165) is 45.3 Å². The summed E-state index contributed by atoms with van der Waals surface area (Å²) in [6.07, 6.45) is 0.608. The van der Waals surface area contributed by atoms with Gasteiger partial charge >= 0.3 is 28.6 Å². The zero-order valence-corrected chi connectivity index (χ0v) is 24.4. The molecule has 1 amide bonds. The van der Waals surface area contributed by atoms with Crippen molar-refractivity contribution in [2.45, 2.75) is 45.7 Å². The average Bonchev–Trinajstić information content (AvgIpc) is 3.14. The monoisotopic (exact) mass is 611 g/mol. The Balaban J connectivity index is 0.000000309. The van der Waals surface area contributed by atoms with Crippen LogP contribution >= 0.6 is 0 Å². The number of rotatable bonds is 4. The molecular formula is C29H34F4N2NbO2. The third-order valence-electron chi connectivity index (χ3n) is 7.21. The first kappa shape index (κ1) is 32.1. The van der Waals surface area contributed by atoms with Crippen molar-refractivity contribution in [2.24, 2.45) is 11.3 Å². The largest absolute Gasteiger partial charge is 2.00 e. The number of benzene rings is 2. The second-order valence-corrected chi connectivity index (χ2v) is 10.6. The van der Waals surface area contributed by atoms with E-state index in [-0.39, 0.29) is 28.3 Å². The maximum atomic E-state index is 12.5. The van der Waals surface area contributed by atoms with E-state index in [4.69, 9.17) is 0 Å². The van der Waals surface area contributed by atoms with Gasteiger partial charge in [0.2, 0.25) is 0 Å². The molecule has 1 unspecified atom stereocenters. The quantitative estimate of drug-likeness (QED) is 0.250. The molecule has 2 aliphatic rings. The van der Waals surface area contributed by atoms with E-state index in [0.29, 0.717) is 35.4 Å². The van der Waals surface area contributed by atoms with Crippen molar-refractivity contribution in [1.82, 2.24) is 9.80 Å². The third-order valence-corrected chi connectivity index (χ3v) is 7.21. The Hall–Kier alpha value is -2.13. The van der Waals surface area contributed by atoms with Gasteiger partial charge in [0.05, 0.1) is 12.2 Å². The van der Waals surface area contributed by atoms with Gasteiger partial charge in [0, 0.05) is 37.9 Å². The summed E-state index contributed by atoms with van der Waals surface area (Å²) in [7, 11) is 2.24. The number of hydrogen-bond acceptors (Lipinski definition) is 3. The van der Waals surface area contributed by atoms with E-state index in [1.54, 1.807) is 0 Å². The Labute approximate surface area is 238 Å². The van der Waals surface area contributed by atoms with E-state index in [1.807, 2.05) is 6.42 Å². The van der Waals surface area contributed by atoms with Crippen LogP contribution in [0, 0.1) is 30.5 Å². The number of alkyl halides is 3. The number of likely N-dealkylation sites (N-methyl/N-ethyl adjacent to an activating group) is 1. The fraction of sp³-hybridized carbons (Fsp3) is 0.483. The molecule has 2 aromatic carbocycles. The molecule has 4 rings (SSSR count). The Bertz CT molecular complexity index is 1100. The molecule has 2 heterocycles. The molecule has 1 spiro atoms. The van der Waals surface area contributed by atoms with Crippen molar-refractivity contribution in [2.75, 3.05) is 33.2 Å². The number of carbonyl (C=O) groups excluding carboxylic acids is 2. The van der Waals surface area contributed by atoms with E-state index < -0.39 is 23.1 Å². The van der Waals surface area contributed by atoms with E-state index in [1.165, 1.54) is 11.1 Å². The summed E-state index contributed by atoms with van der Waals surface area (Å²) in [5.41, 5.74) is 1.38. The normalized spacial score (nSPS) is 19.0. The van der Waals surface area contributed by atoms with E-state index in [2.05, 4.69) is 61.9 Å². The van der Waals surface area contributed by atoms with Crippen LogP contribution in [0.4, 0.5) is 17.6 Å². The first-order valence-electron chi connectivity index (χ1n) is 12.5. The fourth-order valence-electron chi connectivity index (χ4n) is 5.41. The van der Waals surface area contributed by atoms with Crippen molar-refractivity contribution >= 4 is 12.2 Å². The summed E-state index contributed by atoms with van der Waals surface area (Å²) in [5, 5.41) is 0. The van der Waals surface area contributed by atoms with Crippen molar-refractivity contribution < 1.29 is 49.5 Å². The van der Waals surface area contributed by atoms with Crippen molar-refractivity contribution in [3.05, 3.63) is 77.0 Å². The molecule has 0 saturated carbocycles. The van der Waals surface area contributed by atoms with Crippen molar-refractivity contribution in [3.8, 4) is 0 Å². The minimum absolute atomic E-state index is 0. The summed E-state index contributed by atoms with van der Waals surface area (Å²) in [6.45, 7) is 10.4. The van der Waals surface area contributed by atoms with Crippen LogP contribution in [-0.2, 0) is 38.1 Å². The summed E-state index contributed by atoms with van der Waals surface area (Å²) >= 11 is 0. The van der Waals surface area contributed by atoms with Gasteiger partial charge in [0.1, 0.15) is 0 Å². The predicted octanol–water partition coefficient (Wildman–Crippen LogP) is 5.79.